The Bertz CT molecular complexity index is 1040. The van der Waals surface area contributed by atoms with Gasteiger partial charge < -0.3 is 5.32 Å². The molecule has 1 spiro atoms. The Morgan fingerprint density at radius 2 is 1.90 bits per heavy atom. The molecule has 1 saturated heterocycles. The average molecular weight is 388 g/mol. The normalized spacial score (nSPS) is 25.1. The highest BCUT2D eigenvalue weighted by Crippen LogP contribution is 2.39. The Balaban J connectivity index is 1.39. The van der Waals surface area contributed by atoms with Crippen LogP contribution in [-0.2, 0) is 11.2 Å². The minimum atomic E-state index is -0.827. The van der Waals surface area contributed by atoms with E-state index in [1.165, 1.54) is 11.1 Å². The minimum Gasteiger partial charge on any atom is -0.323 e. The number of urea groups is 1. The van der Waals surface area contributed by atoms with Crippen LogP contribution >= 0.6 is 0 Å². The van der Waals surface area contributed by atoms with Crippen LogP contribution in [-0.4, -0.2) is 34.7 Å². The van der Waals surface area contributed by atoms with E-state index in [-0.39, 0.29) is 24.2 Å². The fourth-order valence-electron chi connectivity index (χ4n) is 5.17. The quantitative estimate of drug-likeness (QED) is 0.546. The lowest BCUT2D eigenvalue weighted by atomic mass is 9.73. The van der Waals surface area contributed by atoms with Gasteiger partial charge >= 0.3 is 6.03 Å². The molecule has 1 saturated carbocycles. The van der Waals surface area contributed by atoms with Gasteiger partial charge in [-0.3, -0.25) is 14.5 Å². The van der Waals surface area contributed by atoms with Crippen LogP contribution in [0.15, 0.2) is 42.5 Å². The predicted octanol–water partition coefficient (Wildman–Crippen LogP) is 3.94. The van der Waals surface area contributed by atoms with Gasteiger partial charge in [0.2, 0.25) is 0 Å². The fraction of sp³-hybridized carbons (Fsp3) is 0.375. The molecule has 2 aromatic rings. The van der Waals surface area contributed by atoms with Gasteiger partial charge in [-0.05, 0) is 53.5 Å². The number of carbonyl (C=O) groups excluding carboxylic acids is 3. The van der Waals surface area contributed by atoms with Crippen molar-refractivity contribution >= 4 is 17.7 Å². The predicted molar refractivity (Wildman–Crippen MR) is 110 cm³/mol. The van der Waals surface area contributed by atoms with Crippen LogP contribution in [0.1, 0.15) is 54.1 Å². The first kappa shape index (κ1) is 18.1. The third-order valence-corrected chi connectivity index (χ3v) is 6.92. The lowest BCUT2D eigenvalue weighted by molar-refractivity contribution is -0.133. The molecule has 5 heteroatoms. The van der Waals surface area contributed by atoms with E-state index in [4.69, 9.17) is 0 Å². The van der Waals surface area contributed by atoms with Gasteiger partial charge in [-0.25, -0.2) is 4.79 Å². The van der Waals surface area contributed by atoms with Crippen LogP contribution < -0.4 is 5.32 Å². The fourth-order valence-corrected chi connectivity index (χ4v) is 5.17. The van der Waals surface area contributed by atoms with Gasteiger partial charge in [0.25, 0.3) is 5.91 Å². The van der Waals surface area contributed by atoms with Gasteiger partial charge in [-0.15, -0.1) is 0 Å². The van der Waals surface area contributed by atoms with E-state index in [0.29, 0.717) is 12.0 Å². The Kier molecular flexibility index (Phi) is 4.09. The van der Waals surface area contributed by atoms with Crippen molar-refractivity contribution in [2.45, 2.75) is 44.6 Å². The van der Waals surface area contributed by atoms with Crippen molar-refractivity contribution in [2.24, 2.45) is 5.92 Å². The number of nitrogens with one attached hydrogen (secondary N) is 1. The van der Waals surface area contributed by atoms with Crippen LogP contribution in [0, 0.1) is 5.92 Å². The number of Topliss-reactive ketones (excluding diaryl/α,β-unsaturated/α-hetero) is 1. The van der Waals surface area contributed by atoms with Gasteiger partial charge in [0.05, 0.1) is 6.54 Å². The molecule has 1 heterocycles. The molecule has 0 aromatic heterocycles. The number of benzene rings is 2. The van der Waals surface area contributed by atoms with E-state index < -0.39 is 11.6 Å². The number of amides is 3. The Morgan fingerprint density at radius 1 is 1.10 bits per heavy atom. The SMILES string of the molecule is C[C@H]1CCCC[C@]12NC(=O)N(CC(=O)c1ccc3c(c1)-c1ccccc1C3)C2=O. The second-order valence-corrected chi connectivity index (χ2v) is 8.57. The summed E-state index contributed by atoms with van der Waals surface area (Å²) in [5, 5.41) is 2.92. The first-order valence-corrected chi connectivity index (χ1v) is 10.4. The van der Waals surface area contributed by atoms with Crippen molar-refractivity contribution in [1.29, 1.82) is 0 Å². The molecule has 1 aliphatic heterocycles. The van der Waals surface area contributed by atoms with E-state index in [2.05, 4.69) is 17.4 Å². The van der Waals surface area contributed by atoms with Crippen LogP contribution in [0.2, 0.25) is 0 Å². The highest BCUT2D eigenvalue weighted by Gasteiger charge is 2.55. The molecule has 5 rings (SSSR count). The van der Waals surface area contributed by atoms with Crippen molar-refractivity contribution in [2.75, 3.05) is 6.54 Å². The topological polar surface area (TPSA) is 66.5 Å². The molecule has 0 bridgehead atoms. The number of nitrogens with zero attached hydrogens (tertiary/aromatic N) is 1. The lowest BCUT2D eigenvalue weighted by Gasteiger charge is -2.36. The number of hydrogen-bond acceptors (Lipinski definition) is 3. The molecule has 29 heavy (non-hydrogen) atoms. The maximum atomic E-state index is 13.1. The third-order valence-electron chi connectivity index (χ3n) is 6.92. The smallest absolute Gasteiger partial charge is 0.323 e. The van der Waals surface area contributed by atoms with Gasteiger partial charge in [-0.2, -0.15) is 0 Å². The van der Waals surface area contributed by atoms with Crippen LogP contribution in [0.3, 0.4) is 0 Å². The molecule has 0 radical (unpaired) electrons. The maximum absolute atomic E-state index is 13.1. The van der Waals surface area contributed by atoms with Crippen molar-refractivity contribution in [3.63, 3.8) is 0 Å². The lowest BCUT2D eigenvalue weighted by Crippen LogP contribution is -2.54. The van der Waals surface area contributed by atoms with Crippen molar-refractivity contribution < 1.29 is 14.4 Å². The molecule has 5 nitrogen and oxygen atoms in total. The molecular formula is C24H24N2O3. The molecule has 2 fully saturated rings. The summed E-state index contributed by atoms with van der Waals surface area (Å²) in [7, 11) is 0. The molecule has 2 atom stereocenters. The van der Waals surface area contributed by atoms with E-state index >= 15 is 0 Å². The summed E-state index contributed by atoms with van der Waals surface area (Å²) in [4.78, 5) is 39.8. The van der Waals surface area contributed by atoms with E-state index in [1.807, 2.05) is 37.3 Å². The minimum absolute atomic E-state index is 0.0873. The summed E-state index contributed by atoms with van der Waals surface area (Å²) in [6, 6.07) is 13.5. The average Bonchev–Trinajstić information content (AvgIpc) is 3.21. The Hall–Kier alpha value is -2.95. The molecule has 3 amide bonds. The van der Waals surface area contributed by atoms with Crippen molar-refractivity contribution in [1.82, 2.24) is 10.2 Å². The molecule has 2 aromatic carbocycles. The molecule has 2 aliphatic carbocycles. The van der Waals surface area contributed by atoms with Gasteiger partial charge in [0.1, 0.15) is 5.54 Å². The summed E-state index contributed by atoms with van der Waals surface area (Å²) < 4.78 is 0. The van der Waals surface area contributed by atoms with Crippen LogP contribution in [0.5, 0.6) is 0 Å². The zero-order valence-corrected chi connectivity index (χ0v) is 16.5. The first-order valence-electron chi connectivity index (χ1n) is 10.4. The zero-order valence-electron chi connectivity index (χ0n) is 16.5. The number of carbonyl (C=O) groups is 3. The number of fused-ring (bicyclic) bond motifs is 3. The largest absolute Gasteiger partial charge is 0.325 e. The van der Waals surface area contributed by atoms with Crippen LogP contribution in [0.4, 0.5) is 4.79 Å². The monoisotopic (exact) mass is 388 g/mol. The summed E-state index contributed by atoms with van der Waals surface area (Å²) in [6.45, 7) is 1.81. The highest BCUT2D eigenvalue weighted by molar-refractivity contribution is 6.11. The summed E-state index contributed by atoms with van der Waals surface area (Å²) in [5.74, 6) is -0.361. The Morgan fingerprint density at radius 3 is 2.72 bits per heavy atom. The molecule has 148 valence electrons. The highest BCUT2D eigenvalue weighted by atomic mass is 16.2. The summed E-state index contributed by atoms with van der Waals surface area (Å²) in [5.41, 5.74) is 4.40. The van der Waals surface area contributed by atoms with Crippen molar-refractivity contribution in [3.8, 4) is 11.1 Å². The second kappa shape index (κ2) is 6.55. The van der Waals surface area contributed by atoms with E-state index in [9.17, 15) is 14.4 Å². The number of imide groups is 1. The Labute approximate surface area is 170 Å². The van der Waals surface area contributed by atoms with E-state index in [1.54, 1.807) is 0 Å². The number of hydrogen-bond donors (Lipinski definition) is 1. The van der Waals surface area contributed by atoms with E-state index in [0.717, 1.165) is 41.7 Å². The maximum Gasteiger partial charge on any atom is 0.325 e. The zero-order chi connectivity index (χ0) is 20.2. The van der Waals surface area contributed by atoms with Gasteiger partial charge in [0, 0.05) is 5.56 Å². The summed E-state index contributed by atoms with van der Waals surface area (Å²) >= 11 is 0. The number of ketones is 1. The van der Waals surface area contributed by atoms with Gasteiger partial charge in [-0.1, -0.05) is 56.2 Å². The summed E-state index contributed by atoms with van der Waals surface area (Å²) in [6.07, 6.45) is 4.43. The second-order valence-electron chi connectivity index (χ2n) is 8.57. The van der Waals surface area contributed by atoms with Gasteiger partial charge in [0.15, 0.2) is 5.78 Å². The van der Waals surface area contributed by atoms with Crippen molar-refractivity contribution in [3.05, 3.63) is 59.2 Å². The number of rotatable bonds is 3. The molecule has 3 aliphatic rings. The standard InChI is InChI=1S/C24H24N2O3/c1-15-6-4-5-11-24(15)22(28)26(23(29)25-24)14-21(27)18-10-9-17-12-16-7-2-3-8-19(16)20(17)13-18/h2-3,7-10,13,15H,4-6,11-12,14H2,1H3,(H,25,29)/t15-,24-/m0/s1. The molecular weight excluding hydrogens is 364 g/mol. The third kappa shape index (κ3) is 2.71. The molecule has 1 N–H and O–H groups in total. The van der Waals surface area contributed by atoms with Crippen LogP contribution in [0.25, 0.3) is 11.1 Å². The molecule has 0 unspecified atom stereocenters. The first-order chi connectivity index (χ1) is 14.0.